The molecule has 1 aromatic heterocycles. The Morgan fingerprint density at radius 2 is 1.96 bits per heavy atom. The van der Waals surface area contributed by atoms with Crippen molar-refractivity contribution in [2.75, 3.05) is 5.32 Å². The Bertz CT molecular complexity index is 977. The first kappa shape index (κ1) is 15.5. The second kappa shape index (κ2) is 5.24. The Hall–Kier alpha value is -3.02. The van der Waals surface area contributed by atoms with Gasteiger partial charge in [0.25, 0.3) is 5.91 Å². The summed E-state index contributed by atoms with van der Waals surface area (Å²) in [6, 6.07) is 7.32. The number of halogens is 2. The minimum Gasteiger partial charge on any atom is -0.482 e. The number of ether oxygens (including phenoxy) is 1. The van der Waals surface area contributed by atoms with Crippen molar-refractivity contribution in [2.24, 2.45) is 0 Å². The third-order valence-corrected chi connectivity index (χ3v) is 4.31. The van der Waals surface area contributed by atoms with E-state index in [1.807, 2.05) is 0 Å². The number of fused-ring (bicyclic) bond motifs is 1. The van der Waals surface area contributed by atoms with E-state index >= 15 is 0 Å². The zero-order valence-electron chi connectivity index (χ0n) is 13.6. The van der Waals surface area contributed by atoms with Gasteiger partial charge in [-0.2, -0.15) is 4.39 Å². The Morgan fingerprint density at radius 1 is 1.16 bits per heavy atom. The van der Waals surface area contributed by atoms with Crippen molar-refractivity contribution in [1.29, 1.82) is 0 Å². The van der Waals surface area contributed by atoms with E-state index in [4.69, 9.17) is 4.74 Å². The van der Waals surface area contributed by atoms with Crippen LogP contribution in [0.3, 0.4) is 0 Å². The number of benzene rings is 1. The molecule has 0 bridgehead atoms. The molecule has 0 radical (unpaired) electrons. The summed E-state index contributed by atoms with van der Waals surface area (Å²) in [5.41, 5.74) is 1.33. The summed E-state index contributed by atoms with van der Waals surface area (Å²) in [4.78, 5) is 16.0. The lowest BCUT2D eigenvalue weighted by atomic mass is 9.93. The number of nitrogens with zero attached hydrogens (tertiary/aromatic N) is 1. The highest BCUT2D eigenvalue weighted by atomic mass is 19.1. The summed E-state index contributed by atoms with van der Waals surface area (Å²) in [7, 11) is 0. The molecule has 3 heterocycles. The summed E-state index contributed by atoms with van der Waals surface area (Å²) in [5.74, 6) is -1.09. The molecule has 0 aliphatic carbocycles. The number of hydrogen-bond acceptors (Lipinski definition) is 3. The maximum absolute atomic E-state index is 14.1. The lowest BCUT2D eigenvalue weighted by Crippen LogP contribution is -2.22. The number of amides is 1. The summed E-state index contributed by atoms with van der Waals surface area (Å²) >= 11 is 0. The van der Waals surface area contributed by atoms with Crippen LogP contribution in [0.1, 0.15) is 25.0 Å². The number of nitrogens with one attached hydrogen (secondary N) is 1. The number of hydrogen-bond donors (Lipinski definition) is 1. The van der Waals surface area contributed by atoms with Gasteiger partial charge in [-0.1, -0.05) is 0 Å². The molecule has 6 heteroatoms. The molecular formula is C19H14F2N2O2. The number of pyridine rings is 1. The van der Waals surface area contributed by atoms with Crippen LogP contribution < -0.4 is 5.32 Å². The van der Waals surface area contributed by atoms with E-state index in [-0.39, 0.29) is 5.91 Å². The van der Waals surface area contributed by atoms with Gasteiger partial charge in [0.05, 0.1) is 11.3 Å². The number of aromatic nitrogens is 1. The molecular weight excluding hydrogens is 326 g/mol. The fraction of sp³-hybridized carbons (Fsp3) is 0.158. The molecule has 1 aromatic carbocycles. The number of carbonyl (C=O) groups is 1. The van der Waals surface area contributed by atoms with Gasteiger partial charge in [0, 0.05) is 22.9 Å². The fourth-order valence-electron chi connectivity index (χ4n) is 3.17. The number of anilines is 1. The molecule has 0 spiro atoms. The van der Waals surface area contributed by atoms with Crippen LogP contribution in [0.5, 0.6) is 0 Å². The third-order valence-electron chi connectivity index (χ3n) is 4.31. The predicted octanol–water partition coefficient (Wildman–Crippen LogP) is 3.92. The Balaban J connectivity index is 1.89. The van der Waals surface area contributed by atoms with Gasteiger partial charge in [-0.3, -0.25) is 4.79 Å². The van der Waals surface area contributed by atoms with Crippen molar-refractivity contribution in [3.63, 3.8) is 0 Å². The highest BCUT2D eigenvalue weighted by Gasteiger charge is 2.38. The minimum atomic E-state index is -0.838. The number of carbonyl (C=O) groups excluding carboxylic acids is 1. The van der Waals surface area contributed by atoms with Crippen molar-refractivity contribution in [3.8, 4) is 0 Å². The van der Waals surface area contributed by atoms with Crippen LogP contribution in [0.15, 0.2) is 48.4 Å². The first-order valence-corrected chi connectivity index (χ1v) is 7.74. The first-order chi connectivity index (χ1) is 11.9. The number of allylic oxidation sites excluding steroid dienone is 1. The molecule has 0 fully saturated rings. The molecule has 0 saturated carbocycles. The monoisotopic (exact) mass is 340 g/mol. The zero-order chi connectivity index (χ0) is 17.8. The molecule has 126 valence electrons. The van der Waals surface area contributed by atoms with Crippen molar-refractivity contribution in [1.82, 2.24) is 4.98 Å². The maximum atomic E-state index is 14.1. The van der Waals surface area contributed by atoms with Crippen molar-refractivity contribution in [2.45, 2.75) is 19.4 Å². The minimum absolute atomic E-state index is 0.308. The second-order valence-electron chi connectivity index (χ2n) is 6.40. The first-order valence-electron chi connectivity index (χ1n) is 7.74. The van der Waals surface area contributed by atoms with Crippen LogP contribution in [0.2, 0.25) is 0 Å². The van der Waals surface area contributed by atoms with Crippen molar-refractivity contribution >= 4 is 22.7 Å². The van der Waals surface area contributed by atoms with Gasteiger partial charge < -0.3 is 10.1 Å². The Kier molecular flexibility index (Phi) is 3.25. The van der Waals surface area contributed by atoms with E-state index < -0.39 is 17.4 Å². The lowest BCUT2D eigenvalue weighted by Gasteiger charge is -2.23. The quantitative estimate of drug-likeness (QED) is 0.632. The summed E-state index contributed by atoms with van der Waals surface area (Å²) in [6.07, 6.45) is 3.02. The molecule has 1 amide bonds. The standard InChI is InChI=1S/C19H14F2N2O2/c1-19(2)13(11-4-3-7-22-17(11)21)9-15(25-19)16-12-6-5-10(20)8-14(12)23-18(16)24/h3-9H,1-2H3,(H,23,24)/b16-15+. The van der Waals surface area contributed by atoms with Crippen LogP contribution in [0.4, 0.5) is 14.5 Å². The van der Waals surface area contributed by atoms with Gasteiger partial charge in [-0.05, 0) is 50.3 Å². The van der Waals surface area contributed by atoms with E-state index in [0.29, 0.717) is 33.7 Å². The van der Waals surface area contributed by atoms with Gasteiger partial charge in [0.15, 0.2) is 0 Å². The van der Waals surface area contributed by atoms with E-state index in [1.165, 1.54) is 24.4 Å². The van der Waals surface area contributed by atoms with Crippen LogP contribution >= 0.6 is 0 Å². The molecule has 4 nitrogen and oxygen atoms in total. The molecule has 4 rings (SSSR count). The van der Waals surface area contributed by atoms with Gasteiger partial charge in [-0.15, -0.1) is 0 Å². The Morgan fingerprint density at radius 3 is 2.72 bits per heavy atom. The van der Waals surface area contributed by atoms with Crippen molar-refractivity contribution in [3.05, 3.63) is 71.3 Å². The van der Waals surface area contributed by atoms with Gasteiger partial charge in [0.2, 0.25) is 5.95 Å². The smallest absolute Gasteiger partial charge is 0.260 e. The van der Waals surface area contributed by atoms with E-state index in [9.17, 15) is 13.6 Å². The van der Waals surface area contributed by atoms with E-state index in [2.05, 4.69) is 10.3 Å². The van der Waals surface area contributed by atoms with Crippen LogP contribution in [0.25, 0.3) is 11.1 Å². The summed E-state index contributed by atoms with van der Waals surface area (Å²) < 4.78 is 33.4. The molecule has 2 aliphatic heterocycles. The summed E-state index contributed by atoms with van der Waals surface area (Å²) in [6.45, 7) is 3.58. The van der Waals surface area contributed by atoms with E-state index in [0.717, 1.165) is 0 Å². The molecule has 0 unspecified atom stereocenters. The fourth-order valence-corrected chi connectivity index (χ4v) is 3.17. The maximum Gasteiger partial charge on any atom is 0.260 e. The molecule has 2 aliphatic rings. The number of rotatable bonds is 1. The third kappa shape index (κ3) is 2.41. The average Bonchev–Trinajstić information content (AvgIpc) is 3.02. The van der Waals surface area contributed by atoms with Gasteiger partial charge >= 0.3 is 0 Å². The SMILES string of the molecule is CC1(C)O/C(=C2/C(=O)Nc3cc(F)ccc32)C=C1c1cccnc1F. The molecule has 0 atom stereocenters. The predicted molar refractivity (Wildman–Crippen MR) is 89.3 cm³/mol. The second-order valence-corrected chi connectivity index (χ2v) is 6.40. The van der Waals surface area contributed by atoms with Crippen molar-refractivity contribution < 1.29 is 18.3 Å². The van der Waals surface area contributed by atoms with E-state index in [1.54, 1.807) is 32.1 Å². The van der Waals surface area contributed by atoms with Crippen LogP contribution in [0, 0.1) is 11.8 Å². The van der Waals surface area contributed by atoms with Crippen LogP contribution in [-0.2, 0) is 9.53 Å². The molecule has 0 saturated heterocycles. The molecule has 2 aromatic rings. The van der Waals surface area contributed by atoms with Gasteiger partial charge in [0.1, 0.15) is 17.2 Å². The Labute approximate surface area is 142 Å². The topological polar surface area (TPSA) is 51.2 Å². The normalized spacial score (nSPS) is 20.8. The zero-order valence-corrected chi connectivity index (χ0v) is 13.6. The highest BCUT2D eigenvalue weighted by Crippen LogP contribution is 2.44. The largest absolute Gasteiger partial charge is 0.482 e. The highest BCUT2D eigenvalue weighted by molar-refractivity contribution is 6.32. The lowest BCUT2D eigenvalue weighted by molar-refractivity contribution is -0.111. The molecule has 1 N–H and O–H groups in total. The van der Waals surface area contributed by atoms with Gasteiger partial charge in [-0.25, -0.2) is 9.37 Å². The van der Waals surface area contributed by atoms with Crippen LogP contribution in [-0.4, -0.2) is 16.5 Å². The average molecular weight is 340 g/mol. The summed E-state index contributed by atoms with van der Waals surface area (Å²) in [5, 5.41) is 2.63. The molecule has 25 heavy (non-hydrogen) atoms.